The standard InChI is InChI=1S/C17H21.C5H5.5CH3.Hf/c1-4-5-12-6-7-13-8-14-10-17(2,3)11-15(14)9-16(12)13;1-2-4-5-3-1;;;;;;/h6-9H,4-5,10-11H2,1-3H3;1-5H;5*1H3;. The van der Waals surface area contributed by atoms with E-state index in [0.29, 0.717) is 9.09 Å². The van der Waals surface area contributed by atoms with E-state index in [-0.39, 0.29) is 3.17 Å². The molecule has 28 heavy (non-hydrogen) atoms. The van der Waals surface area contributed by atoms with Gasteiger partial charge in [0.05, 0.1) is 0 Å². The summed E-state index contributed by atoms with van der Waals surface area (Å²) in [6.45, 7) is 7.22. The predicted octanol–water partition coefficient (Wildman–Crippen LogP) is 8.75. The van der Waals surface area contributed by atoms with Gasteiger partial charge in [0.2, 0.25) is 0 Å². The maximum absolute atomic E-state index is 4.48. The van der Waals surface area contributed by atoms with Crippen molar-refractivity contribution in [1.82, 2.24) is 0 Å². The van der Waals surface area contributed by atoms with E-state index >= 15 is 0 Å². The van der Waals surface area contributed by atoms with Gasteiger partial charge < -0.3 is 0 Å². The first-order valence-electron chi connectivity index (χ1n) is 11.5. The van der Waals surface area contributed by atoms with Crippen LogP contribution in [0, 0.1) is 5.41 Å². The Balaban J connectivity index is 2.03. The van der Waals surface area contributed by atoms with Crippen molar-refractivity contribution < 1.29 is 15.6 Å². The molecule has 0 aromatic heterocycles. The van der Waals surface area contributed by atoms with Crippen molar-refractivity contribution in [3.05, 3.63) is 64.8 Å². The summed E-state index contributed by atoms with van der Waals surface area (Å²) < 4.78 is 14.4. The molecule has 0 aliphatic heterocycles. The summed E-state index contributed by atoms with van der Waals surface area (Å²) in [5.41, 5.74) is 6.75. The molecular weight excluding hydrogens is 503 g/mol. The minimum absolute atomic E-state index is 0.152. The number of allylic oxidation sites excluding steroid dienone is 5. The Morgan fingerprint density at radius 1 is 0.929 bits per heavy atom. The molecule has 0 fully saturated rings. The second-order valence-electron chi connectivity index (χ2n) is 15.9. The number of benzene rings is 1. The molecular formula is C27H41Hf. The fourth-order valence-corrected chi connectivity index (χ4v) is 33.6. The second-order valence-corrected chi connectivity index (χ2v) is 77.8. The monoisotopic (exact) mass is 545 g/mol. The third-order valence-corrected chi connectivity index (χ3v) is 44.4. The average molecular weight is 544 g/mol. The van der Waals surface area contributed by atoms with E-state index in [2.05, 4.69) is 92.8 Å². The Bertz CT molecular complexity index is 957. The normalized spacial score (nSPS) is 29.2. The third-order valence-electron chi connectivity index (χ3n) is 9.45. The van der Waals surface area contributed by atoms with Crippen LogP contribution in [0.25, 0.3) is 6.08 Å². The van der Waals surface area contributed by atoms with Gasteiger partial charge in [-0.3, -0.25) is 0 Å². The molecule has 153 valence electrons. The molecule has 1 aromatic rings. The Morgan fingerprint density at radius 3 is 2.07 bits per heavy atom. The molecule has 1 unspecified atom stereocenters. The van der Waals surface area contributed by atoms with Crippen LogP contribution in [0.2, 0.25) is 27.1 Å². The Hall–Kier alpha value is -0.690. The van der Waals surface area contributed by atoms with Crippen LogP contribution in [0.3, 0.4) is 0 Å². The van der Waals surface area contributed by atoms with E-state index in [9.17, 15) is 0 Å². The second kappa shape index (κ2) is 4.79. The van der Waals surface area contributed by atoms with Gasteiger partial charge in [0.1, 0.15) is 0 Å². The molecule has 4 rings (SSSR count). The van der Waals surface area contributed by atoms with Crippen molar-refractivity contribution in [3.63, 3.8) is 0 Å². The van der Waals surface area contributed by atoms with Crippen molar-refractivity contribution in [2.24, 2.45) is 5.41 Å². The molecule has 1 atom stereocenters. The van der Waals surface area contributed by atoms with Crippen LogP contribution >= 0.6 is 0 Å². The number of rotatable bonds is 4. The molecule has 0 radical (unpaired) electrons. The Labute approximate surface area is 167 Å². The summed E-state index contributed by atoms with van der Waals surface area (Å²) in [5, 5.41) is 0. The van der Waals surface area contributed by atoms with Crippen molar-refractivity contribution in [1.29, 1.82) is 0 Å². The molecule has 0 bridgehead atoms. The van der Waals surface area contributed by atoms with Crippen molar-refractivity contribution in [2.45, 2.75) is 76.7 Å². The molecule has 0 saturated heterocycles. The van der Waals surface area contributed by atoms with E-state index < -0.39 is 15.6 Å². The first kappa shape index (κ1) is 20.6. The van der Waals surface area contributed by atoms with E-state index in [1.54, 1.807) is 16.7 Å². The molecule has 3 aliphatic rings. The zero-order valence-corrected chi connectivity index (χ0v) is 23.1. The summed E-state index contributed by atoms with van der Waals surface area (Å²) in [7, 11) is 0. The summed E-state index contributed by atoms with van der Waals surface area (Å²) >= 11 is -4.48. The Kier molecular flexibility index (Phi) is 3.52. The Morgan fingerprint density at radius 2 is 1.50 bits per heavy atom. The minimum atomic E-state index is -4.48. The maximum atomic E-state index is 2.74. The van der Waals surface area contributed by atoms with Crippen LogP contribution in [0.5, 0.6) is 0 Å². The van der Waals surface area contributed by atoms with Gasteiger partial charge in [-0.1, -0.05) is 0 Å². The molecule has 1 aromatic carbocycles. The zero-order chi connectivity index (χ0) is 20.7. The summed E-state index contributed by atoms with van der Waals surface area (Å²) in [5.74, 6) is 0. The number of hydrogen-bond donors (Lipinski definition) is 0. The van der Waals surface area contributed by atoms with Crippen LogP contribution in [0.4, 0.5) is 0 Å². The number of fused-ring (bicyclic) bond motifs is 2. The zero-order valence-electron chi connectivity index (χ0n) is 19.5. The van der Waals surface area contributed by atoms with Gasteiger partial charge in [0, 0.05) is 0 Å². The van der Waals surface area contributed by atoms with E-state index in [1.807, 2.05) is 0 Å². The van der Waals surface area contributed by atoms with Crippen LogP contribution in [-0.4, -0.2) is 0 Å². The van der Waals surface area contributed by atoms with Gasteiger partial charge in [0.15, 0.2) is 0 Å². The molecule has 3 aliphatic carbocycles. The molecule has 0 amide bonds. The van der Waals surface area contributed by atoms with Crippen molar-refractivity contribution in [3.8, 4) is 0 Å². The predicted molar refractivity (Wildman–Crippen MR) is 125 cm³/mol. The first-order chi connectivity index (χ1) is 12.5. The molecule has 0 nitrogen and oxygen atoms in total. The SMILES string of the molecule is CCC[C]1([Hf]([CH3])([CH3])([CH3])([CH3])([CH3])[CH]2C=CC=C2)C=Cc2cc3c(cc21)CC(C)(C)C3. The molecule has 0 spiro atoms. The van der Waals surface area contributed by atoms with Crippen LogP contribution in [-0.2, 0) is 31.6 Å². The van der Waals surface area contributed by atoms with Gasteiger partial charge in [-0.15, -0.1) is 0 Å². The van der Waals surface area contributed by atoms with Crippen LogP contribution < -0.4 is 0 Å². The topological polar surface area (TPSA) is 0 Å². The van der Waals surface area contributed by atoms with Gasteiger partial charge in [0.25, 0.3) is 0 Å². The molecule has 0 heterocycles. The molecule has 0 saturated carbocycles. The van der Waals surface area contributed by atoms with Crippen molar-refractivity contribution in [2.75, 3.05) is 0 Å². The summed E-state index contributed by atoms with van der Waals surface area (Å²) in [6, 6.07) is 5.19. The quantitative estimate of drug-likeness (QED) is 0.333. The van der Waals surface area contributed by atoms with Crippen molar-refractivity contribution >= 4 is 6.08 Å². The van der Waals surface area contributed by atoms with E-state index in [1.165, 1.54) is 31.2 Å². The van der Waals surface area contributed by atoms with E-state index in [0.717, 1.165) is 0 Å². The van der Waals surface area contributed by atoms with Crippen LogP contribution in [0.15, 0.2) is 42.5 Å². The fourth-order valence-electron chi connectivity index (χ4n) is 7.29. The van der Waals surface area contributed by atoms with Gasteiger partial charge >= 0.3 is 169 Å². The first-order valence-corrected chi connectivity index (χ1v) is 33.3. The molecule has 1 heteroatoms. The van der Waals surface area contributed by atoms with E-state index in [4.69, 9.17) is 0 Å². The fraction of sp³-hybridized carbons (Fsp3) is 0.556. The van der Waals surface area contributed by atoms with Crippen LogP contribution in [0.1, 0.15) is 55.9 Å². The summed E-state index contributed by atoms with van der Waals surface area (Å²) in [6.07, 6.45) is 19.6. The van der Waals surface area contributed by atoms with Gasteiger partial charge in [-0.25, -0.2) is 0 Å². The molecule has 0 N–H and O–H groups in total. The number of hydrogen-bond acceptors (Lipinski definition) is 0. The van der Waals surface area contributed by atoms with Gasteiger partial charge in [-0.2, -0.15) is 0 Å². The van der Waals surface area contributed by atoms with Gasteiger partial charge in [-0.05, 0) is 0 Å². The summed E-state index contributed by atoms with van der Waals surface area (Å²) in [4.78, 5) is 0. The third kappa shape index (κ3) is 2.44. The average Bonchev–Trinajstić information content (AvgIpc) is 3.21.